The van der Waals surface area contributed by atoms with E-state index in [0.717, 1.165) is 12.2 Å². The van der Waals surface area contributed by atoms with Crippen LogP contribution < -0.4 is 4.74 Å². The third-order valence-corrected chi connectivity index (χ3v) is 5.78. The van der Waals surface area contributed by atoms with Crippen LogP contribution in [0.15, 0.2) is 58.3 Å². The highest BCUT2D eigenvalue weighted by atomic mass is 32.2. The smallest absolute Gasteiger partial charge is 0.206 e. The summed E-state index contributed by atoms with van der Waals surface area (Å²) in [6.07, 6.45) is 0.173. The second kappa shape index (κ2) is 6.22. The van der Waals surface area contributed by atoms with E-state index >= 15 is 0 Å². The molecule has 0 saturated carbocycles. The van der Waals surface area contributed by atoms with Crippen molar-refractivity contribution in [1.82, 2.24) is 0 Å². The molecular formula is C19H22O4S. The first-order valence-corrected chi connectivity index (χ1v) is 9.46. The minimum absolute atomic E-state index is 0.173. The highest BCUT2D eigenvalue weighted by Gasteiger charge is 2.27. The lowest BCUT2D eigenvalue weighted by Crippen LogP contribution is -2.17. The highest BCUT2D eigenvalue weighted by Crippen LogP contribution is 2.32. The minimum Gasteiger partial charge on any atom is -0.491 e. The zero-order valence-electron chi connectivity index (χ0n) is 14.2. The van der Waals surface area contributed by atoms with Crippen molar-refractivity contribution < 1.29 is 17.9 Å². The molecule has 1 aliphatic rings. The molecule has 24 heavy (non-hydrogen) atoms. The Morgan fingerprint density at radius 1 is 1.08 bits per heavy atom. The molecule has 4 nitrogen and oxygen atoms in total. The summed E-state index contributed by atoms with van der Waals surface area (Å²) in [6, 6.07) is 13.7. The zero-order valence-corrected chi connectivity index (χ0v) is 15.0. The van der Waals surface area contributed by atoms with E-state index < -0.39 is 9.84 Å². The molecule has 0 amide bonds. The molecule has 0 aromatic heterocycles. The fourth-order valence-electron chi connectivity index (χ4n) is 2.52. The molecule has 1 heterocycles. The lowest BCUT2D eigenvalue weighted by molar-refractivity contribution is 0.263. The molecule has 0 N–H and O–H groups in total. The van der Waals surface area contributed by atoms with Crippen LogP contribution >= 0.6 is 0 Å². The van der Waals surface area contributed by atoms with Crippen LogP contribution in [0.1, 0.15) is 26.3 Å². The maximum Gasteiger partial charge on any atom is 0.206 e. The first-order valence-electron chi connectivity index (χ1n) is 7.97. The number of hydrogen-bond donors (Lipinski definition) is 0. The van der Waals surface area contributed by atoms with Crippen LogP contribution in [-0.2, 0) is 20.0 Å². The fourth-order valence-corrected chi connectivity index (χ4v) is 4.19. The van der Waals surface area contributed by atoms with Crippen LogP contribution in [0.2, 0.25) is 0 Å². The predicted molar refractivity (Wildman–Crippen MR) is 92.3 cm³/mol. The maximum atomic E-state index is 13.0. The summed E-state index contributed by atoms with van der Waals surface area (Å²) < 4.78 is 36.7. The van der Waals surface area contributed by atoms with E-state index in [1.807, 2.05) is 32.9 Å². The molecule has 0 spiro atoms. The molecule has 2 aromatic rings. The van der Waals surface area contributed by atoms with Crippen LogP contribution in [0.3, 0.4) is 0 Å². The minimum atomic E-state index is -3.57. The van der Waals surface area contributed by atoms with Gasteiger partial charge in [0.15, 0.2) is 0 Å². The van der Waals surface area contributed by atoms with Crippen molar-refractivity contribution in [1.29, 1.82) is 0 Å². The van der Waals surface area contributed by atoms with Crippen molar-refractivity contribution in [2.24, 2.45) is 0 Å². The van der Waals surface area contributed by atoms with Gasteiger partial charge in [-0.1, -0.05) is 39.0 Å². The van der Waals surface area contributed by atoms with Crippen LogP contribution in [0.5, 0.6) is 5.75 Å². The Bertz CT molecular complexity index is 813. The Morgan fingerprint density at radius 3 is 2.29 bits per heavy atom. The van der Waals surface area contributed by atoms with Crippen molar-refractivity contribution >= 4 is 9.84 Å². The fraction of sp³-hybridized carbons (Fsp3) is 0.368. The second-order valence-electron chi connectivity index (χ2n) is 6.99. The van der Waals surface area contributed by atoms with Gasteiger partial charge in [0.2, 0.25) is 9.84 Å². The molecule has 128 valence electrons. The van der Waals surface area contributed by atoms with E-state index in [2.05, 4.69) is 0 Å². The Hall–Kier alpha value is -1.85. The molecule has 0 bridgehead atoms. The summed E-state index contributed by atoms with van der Waals surface area (Å²) in [5.74, 6) is 0.647. The van der Waals surface area contributed by atoms with Gasteiger partial charge in [0.25, 0.3) is 0 Å². The predicted octanol–water partition coefficient (Wildman–Crippen LogP) is 3.59. The van der Waals surface area contributed by atoms with E-state index in [9.17, 15) is 8.42 Å². The summed E-state index contributed by atoms with van der Waals surface area (Å²) in [7, 11) is -3.57. The Balaban J connectivity index is 1.90. The number of benzene rings is 2. The van der Waals surface area contributed by atoms with Crippen LogP contribution in [0, 0.1) is 0 Å². The third-order valence-electron chi connectivity index (χ3n) is 3.96. The quantitative estimate of drug-likeness (QED) is 0.776. The first-order chi connectivity index (χ1) is 11.3. The van der Waals surface area contributed by atoms with E-state index in [4.69, 9.17) is 9.47 Å². The normalized spacial score (nSPS) is 17.5. The lowest BCUT2D eigenvalue weighted by Gasteiger charge is -2.22. The van der Waals surface area contributed by atoms with Crippen LogP contribution in [-0.4, -0.2) is 27.7 Å². The summed E-state index contributed by atoms with van der Waals surface area (Å²) >= 11 is 0. The van der Waals surface area contributed by atoms with E-state index in [1.165, 1.54) is 0 Å². The molecule has 1 aliphatic heterocycles. The van der Waals surface area contributed by atoms with Gasteiger partial charge in [0, 0.05) is 0 Å². The van der Waals surface area contributed by atoms with Crippen molar-refractivity contribution in [2.45, 2.75) is 42.1 Å². The number of hydrogen-bond acceptors (Lipinski definition) is 4. The summed E-state index contributed by atoms with van der Waals surface area (Å²) in [4.78, 5) is 0.631. The Labute approximate surface area is 143 Å². The SMILES string of the molecule is CC(C)(C)c1ccccc1S(=O)(=O)c1ccc(OCC2CO2)cc1. The van der Waals surface area contributed by atoms with Crippen molar-refractivity contribution in [3.8, 4) is 5.75 Å². The largest absolute Gasteiger partial charge is 0.491 e. The molecule has 3 rings (SSSR count). The van der Waals surface area contributed by atoms with Gasteiger partial charge in [-0.05, 0) is 41.3 Å². The van der Waals surface area contributed by atoms with Gasteiger partial charge in [-0.15, -0.1) is 0 Å². The lowest BCUT2D eigenvalue weighted by atomic mass is 9.87. The van der Waals surface area contributed by atoms with Gasteiger partial charge < -0.3 is 9.47 Å². The third kappa shape index (κ3) is 3.62. The van der Waals surface area contributed by atoms with E-state index in [1.54, 1.807) is 36.4 Å². The molecule has 0 aliphatic carbocycles. The van der Waals surface area contributed by atoms with Gasteiger partial charge in [0.05, 0.1) is 16.4 Å². The number of sulfone groups is 1. The molecule has 5 heteroatoms. The van der Waals surface area contributed by atoms with Crippen LogP contribution in [0.25, 0.3) is 0 Å². The molecule has 1 unspecified atom stereocenters. The average molecular weight is 346 g/mol. The Kier molecular flexibility index (Phi) is 4.40. The maximum absolute atomic E-state index is 13.0. The zero-order chi connectivity index (χ0) is 17.4. The van der Waals surface area contributed by atoms with Gasteiger partial charge in [-0.25, -0.2) is 8.42 Å². The van der Waals surface area contributed by atoms with Crippen molar-refractivity contribution in [3.63, 3.8) is 0 Å². The van der Waals surface area contributed by atoms with Gasteiger partial charge in [-0.2, -0.15) is 0 Å². The summed E-state index contributed by atoms with van der Waals surface area (Å²) in [5, 5.41) is 0. The van der Waals surface area contributed by atoms with E-state index in [-0.39, 0.29) is 16.4 Å². The van der Waals surface area contributed by atoms with E-state index in [0.29, 0.717) is 17.3 Å². The van der Waals surface area contributed by atoms with Gasteiger partial charge >= 0.3 is 0 Å². The molecule has 2 aromatic carbocycles. The molecule has 1 saturated heterocycles. The van der Waals surface area contributed by atoms with Gasteiger partial charge in [0.1, 0.15) is 18.5 Å². The molecule has 1 fully saturated rings. The van der Waals surface area contributed by atoms with Gasteiger partial charge in [-0.3, -0.25) is 0 Å². The van der Waals surface area contributed by atoms with Crippen molar-refractivity contribution in [2.75, 3.05) is 13.2 Å². The second-order valence-corrected chi connectivity index (χ2v) is 8.91. The van der Waals surface area contributed by atoms with Crippen molar-refractivity contribution in [3.05, 3.63) is 54.1 Å². The first kappa shape index (κ1) is 17.0. The molecular weight excluding hydrogens is 324 g/mol. The number of epoxide rings is 1. The standard InChI is InChI=1S/C19H22O4S/c1-19(2,3)17-6-4-5-7-18(17)24(20,21)16-10-8-14(9-11-16)22-12-15-13-23-15/h4-11,15H,12-13H2,1-3H3. The topological polar surface area (TPSA) is 55.9 Å². The highest BCUT2D eigenvalue weighted by molar-refractivity contribution is 7.91. The molecule has 1 atom stereocenters. The summed E-state index contributed by atoms with van der Waals surface area (Å²) in [5.41, 5.74) is 0.563. The Morgan fingerprint density at radius 2 is 1.71 bits per heavy atom. The number of ether oxygens (including phenoxy) is 2. The monoisotopic (exact) mass is 346 g/mol. The van der Waals surface area contributed by atoms with Crippen LogP contribution in [0.4, 0.5) is 0 Å². The average Bonchev–Trinajstić information content (AvgIpc) is 3.37. The number of rotatable bonds is 5. The molecule has 0 radical (unpaired) electrons. The summed E-state index contributed by atoms with van der Waals surface area (Å²) in [6.45, 7) is 7.27.